The Balaban J connectivity index is 1.86. The number of anilines is 1. The van der Waals surface area contributed by atoms with Gasteiger partial charge in [-0.3, -0.25) is 4.98 Å². The van der Waals surface area contributed by atoms with Gasteiger partial charge in [-0.25, -0.2) is 4.98 Å². The summed E-state index contributed by atoms with van der Waals surface area (Å²) in [6.07, 6.45) is 5.43. The third-order valence-corrected chi connectivity index (χ3v) is 4.55. The molecule has 136 valence electrons. The summed E-state index contributed by atoms with van der Waals surface area (Å²) in [5.41, 5.74) is 10.1. The molecule has 4 aromatic rings. The number of nitrogens with zero attached hydrogens (tertiary/aromatic N) is 3. The minimum absolute atomic E-state index is 0.492. The van der Waals surface area contributed by atoms with Gasteiger partial charge in [0.1, 0.15) is 5.82 Å². The van der Waals surface area contributed by atoms with E-state index in [0.29, 0.717) is 23.9 Å². The Bertz CT molecular complexity index is 1090. The van der Waals surface area contributed by atoms with E-state index in [1.165, 1.54) is 0 Å². The van der Waals surface area contributed by atoms with Gasteiger partial charge in [-0.1, -0.05) is 6.07 Å². The lowest BCUT2D eigenvalue weighted by atomic mass is 10.1. The second kappa shape index (κ2) is 6.99. The van der Waals surface area contributed by atoms with Crippen LogP contribution < -0.4 is 15.2 Å². The molecule has 0 aliphatic carbocycles. The van der Waals surface area contributed by atoms with Crippen LogP contribution in [0.4, 0.5) is 5.82 Å². The zero-order chi connectivity index (χ0) is 18.8. The molecule has 0 saturated carbocycles. The molecule has 0 aliphatic rings. The molecule has 0 saturated heterocycles. The number of benzene rings is 1. The number of hydrogen-bond acceptors (Lipinski definition) is 5. The first-order chi connectivity index (χ1) is 13.2. The van der Waals surface area contributed by atoms with E-state index in [9.17, 15) is 0 Å². The van der Waals surface area contributed by atoms with Crippen molar-refractivity contribution in [2.24, 2.45) is 0 Å². The zero-order valence-corrected chi connectivity index (χ0v) is 15.2. The fourth-order valence-electron chi connectivity index (χ4n) is 3.26. The summed E-state index contributed by atoms with van der Waals surface area (Å²) in [6.45, 7) is 0.650. The Kier molecular flexibility index (Phi) is 4.38. The van der Waals surface area contributed by atoms with Gasteiger partial charge < -0.3 is 19.8 Å². The number of nitrogen functional groups attached to an aromatic ring is 1. The molecule has 27 heavy (non-hydrogen) atoms. The number of methoxy groups -OCH3 is 2. The maximum absolute atomic E-state index is 5.94. The molecular formula is C21H20N4O2. The molecule has 0 fully saturated rings. The van der Waals surface area contributed by atoms with Gasteiger partial charge in [-0.2, -0.15) is 0 Å². The summed E-state index contributed by atoms with van der Waals surface area (Å²) in [6, 6.07) is 13.9. The topological polar surface area (TPSA) is 75.2 Å². The SMILES string of the molecule is COc1ccc(Cn2c(-c3cccnc3)cc3cnc(N)cc32)cc1OC. The molecule has 0 atom stereocenters. The van der Waals surface area contributed by atoms with Crippen molar-refractivity contribution in [3.05, 3.63) is 66.6 Å². The monoisotopic (exact) mass is 360 g/mol. The summed E-state index contributed by atoms with van der Waals surface area (Å²) in [5, 5.41) is 1.03. The second-order valence-corrected chi connectivity index (χ2v) is 6.21. The fourth-order valence-corrected chi connectivity index (χ4v) is 3.26. The quantitative estimate of drug-likeness (QED) is 0.587. The van der Waals surface area contributed by atoms with E-state index in [1.54, 1.807) is 26.6 Å². The predicted octanol–water partition coefficient (Wildman–Crippen LogP) is 3.75. The van der Waals surface area contributed by atoms with Crippen molar-refractivity contribution in [3.8, 4) is 22.8 Å². The van der Waals surface area contributed by atoms with Crippen molar-refractivity contribution in [1.82, 2.24) is 14.5 Å². The molecule has 0 radical (unpaired) electrons. The molecular weight excluding hydrogens is 340 g/mol. The number of ether oxygens (including phenoxy) is 2. The van der Waals surface area contributed by atoms with Crippen LogP contribution in [-0.4, -0.2) is 28.8 Å². The molecule has 0 unspecified atom stereocenters. The molecule has 0 aliphatic heterocycles. The highest BCUT2D eigenvalue weighted by atomic mass is 16.5. The van der Waals surface area contributed by atoms with Crippen LogP contribution in [-0.2, 0) is 6.54 Å². The largest absolute Gasteiger partial charge is 0.493 e. The second-order valence-electron chi connectivity index (χ2n) is 6.21. The summed E-state index contributed by atoms with van der Waals surface area (Å²) < 4.78 is 13.0. The molecule has 3 aromatic heterocycles. The van der Waals surface area contributed by atoms with Crippen LogP contribution in [0.3, 0.4) is 0 Å². The standard InChI is InChI=1S/C21H20N4O2/c1-26-19-6-5-14(8-20(19)27-2)13-25-17(15-4-3-7-23-11-15)9-16-12-24-21(22)10-18(16)25/h3-12H,13H2,1-2H3,(H2,22,24). The van der Waals surface area contributed by atoms with E-state index in [0.717, 1.165) is 27.7 Å². The van der Waals surface area contributed by atoms with Crippen LogP contribution in [0.2, 0.25) is 0 Å². The number of rotatable bonds is 5. The Morgan fingerprint density at radius 1 is 1.00 bits per heavy atom. The van der Waals surface area contributed by atoms with E-state index in [1.807, 2.05) is 42.6 Å². The first-order valence-corrected chi connectivity index (χ1v) is 8.55. The minimum atomic E-state index is 0.492. The molecule has 4 rings (SSSR count). The highest BCUT2D eigenvalue weighted by molar-refractivity contribution is 5.87. The van der Waals surface area contributed by atoms with E-state index < -0.39 is 0 Å². The van der Waals surface area contributed by atoms with Gasteiger partial charge in [0, 0.05) is 42.2 Å². The van der Waals surface area contributed by atoms with Gasteiger partial charge in [-0.15, -0.1) is 0 Å². The average molecular weight is 360 g/mol. The van der Waals surface area contributed by atoms with Crippen LogP contribution in [0.5, 0.6) is 11.5 Å². The van der Waals surface area contributed by atoms with Gasteiger partial charge in [0.2, 0.25) is 0 Å². The normalized spacial score (nSPS) is 10.9. The van der Waals surface area contributed by atoms with Crippen molar-refractivity contribution >= 4 is 16.7 Å². The fraction of sp³-hybridized carbons (Fsp3) is 0.143. The van der Waals surface area contributed by atoms with Gasteiger partial charge >= 0.3 is 0 Å². The van der Waals surface area contributed by atoms with E-state index >= 15 is 0 Å². The highest BCUT2D eigenvalue weighted by Crippen LogP contribution is 2.32. The van der Waals surface area contributed by atoms with Gasteiger partial charge in [0.15, 0.2) is 11.5 Å². The van der Waals surface area contributed by atoms with Gasteiger partial charge in [0.05, 0.1) is 25.4 Å². The number of fused-ring (bicyclic) bond motifs is 1. The van der Waals surface area contributed by atoms with Gasteiger partial charge in [0.25, 0.3) is 0 Å². The lowest BCUT2D eigenvalue weighted by Crippen LogP contribution is -2.03. The zero-order valence-electron chi connectivity index (χ0n) is 15.2. The molecule has 0 bridgehead atoms. The van der Waals surface area contributed by atoms with Crippen molar-refractivity contribution in [3.63, 3.8) is 0 Å². The molecule has 0 amide bonds. The average Bonchev–Trinajstić information content (AvgIpc) is 3.06. The third-order valence-electron chi connectivity index (χ3n) is 4.55. The van der Waals surface area contributed by atoms with Crippen LogP contribution in [0.25, 0.3) is 22.2 Å². The number of hydrogen-bond donors (Lipinski definition) is 1. The Morgan fingerprint density at radius 3 is 2.59 bits per heavy atom. The van der Waals surface area contributed by atoms with Crippen LogP contribution in [0.15, 0.2) is 61.1 Å². The van der Waals surface area contributed by atoms with Crippen molar-refractivity contribution in [2.45, 2.75) is 6.54 Å². The van der Waals surface area contributed by atoms with E-state index in [4.69, 9.17) is 15.2 Å². The van der Waals surface area contributed by atoms with Crippen LogP contribution in [0.1, 0.15) is 5.56 Å². The minimum Gasteiger partial charge on any atom is -0.493 e. The van der Waals surface area contributed by atoms with Crippen molar-refractivity contribution < 1.29 is 9.47 Å². The van der Waals surface area contributed by atoms with Crippen LogP contribution >= 0.6 is 0 Å². The van der Waals surface area contributed by atoms with E-state index in [-0.39, 0.29) is 0 Å². The summed E-state index contributed by atoms with van der Waals surface area (Å²) >= 11 is 0. The molecule has 2 N–H and O–H groups in total. The molecule has 6 heteroatoms. The van der Waals surface area contributed by atoms with Crippen molar-refractivity contribution in [1.29, 1.82) is 0 Å². The number of aromatic nitrogens is 3. The molecule has 0 spiro atoms. The van der Waals surface area contributed by atoms with E-state index in [2.05, 4.69) is 20.6 Å². The van der Waals surface area contributed by atoms with Crippen LogP contribution in [0, 0.1) is 0 Å². The smallest absolute Gasteiger partial charge is 0.161 e. The number of nitrogens with two attached hydrogens (primary N) is 1. The lowest BCUT2D eigenvalue weighted by molar-refractivity contribution is 0.354. The third kappa shape index (κ3) is 3.17. The first-order valence-electron chi connectivity index (χ1n) is 8.55. The van der Waals surface area contributed by atoms with Gasteiger partial charge in [-0.05, 0) is 35.9 Å². The Hall–Kier alpha value is -3.54. The highest BCUT2D eigenvalue weighted by Gasteiger charge is 2.13. The van der Waals surface area contributed by atoms with Crippen molar-refractivity contribution in [2.75, 3.05) is 20.0 Å². The number of pyridine rings is 2. The first kappa shape index (κ1) is 16.9. The summed E-state index contributed by atoms with van der Waals surface area (Å²) in [5.74, 6) is 1.90. The summed E-state index contributed by atoms with van der Waals surface area (Å²) in [4.78, 5) is 8.48. The summed E-state index contributed by atoms with van der Waals surface area (Å²) in [7, 11) is 3.27. The molecule has 3 heterocycles. The maximum atomic E-state index is 5.94. The Morgan fingerprint density at radius 2 is 1.85 bits per heavy atom. The lowest BCUT2D eigenvalue weighted by Gasteiger charge is -2.14. The molecule has 6 nitrogen and oxygen atoms in total. The maximum Gasteiger partial charge on any atom is 0.161 e. The predicted molar refractivity (Wildman–Crippen MR) is 106 cm³/mol. The molecule has 1 aromatic carbocycles. The Labute approximate surface area is 157 Å².